The van der Waals surface area contributed by atoms with E-state index < -0.39 is 5.97 Å². The van der Waals surface area contributed by atoms with Gasteiger partial charge in [-0.1, -0.05) is 31.2 Å². The van der Waals surface area contributed by atoms with Crippen LogP contribution in [0.4, 0.5) is 0 Å². The maximum Gasteiger partial charge on any atom is 0.330 e. The zero-order valence-electron chi connectivity index (χ0n) is 22.2. The lowest BCUT2D eigenvalue weighted by Crippen LogP contribution is -2.39. The average Bonchev–Trinajstić information content (AvgIpc) is 3.36. The molecule has 0 spiro atoms. The highest BCUT2D eigenvalue weighted by atomic mass is 16.5. The first-order valence-corrected chi connectivity index (χ1v) is 13.0. The predicted octanol–water partition coefficient (Wildman–Crippen LogP) is 3.30. The topological polar surface area (TPSA) is 103 Å². The molecule has 0 fully saturated rings. The molecule has 1 atom stereocenters. The molecule has 9 nitrogen and oxygen atoms in total. The van der Waals surface area contributed by atoms with Crippen LogP contribution in [0.2, 0.25) is 0 Å². The molecule has 2 aromatic carbocycles. The molecular formula is C29H35N3O6. The highest BCUT2D eigenvalue weighted by molar-refractivity contribution is 5.68. The number of aromatic nitrogens is 2. The number of rotatable bonds is 12. The summed E-state index contributed by atoms with van der Waals surface area (Å²) in [5.74, 6) is 0.728. The standard InChI is InChI=1S/C29H35N3O6/c1-4-11-31(24(18-28(34)35)22-6-8-26-23(17-22)10-14-37-26)19-21-5-7-25(20(2)16-21)38-15-13-32-27(33)9-12-30(3)29(32)36/h5-9,12,16-17,24H,4,10-11,13-15,18-19H2,1-3H3,(H,34,35). The second-order valence-electron chi connectivity index (χ2n) is 9.70. The summed E-state index contributed by atoms with van der Waals surface area (Å²) in [6.07, 6.45) is 3.19. The van der Waals surface area contributed by atoms with Gasteiger partial charge in [-0.05, 0) is 54.3 Å². The summed E-state index contributed by atoms with van der Waals surface area (Å²) >= 11 is 0. The Hall–Kier alpha value is -3.85. The molecule has 1 N–H and O–H groups in total. The van der Waals surface area contributed by atoms with Gasteiger partial charge >= 0.3 is 11.7 Å². The van der Waals surface area contributed by atoms with Crippen LogP contribution in [-0.2, 0) is 31.4 Å². The van der Waals surface area contributed by atoms with E-state index >= 15 is 0 Å². The van der Waals surface area contributed by atoms with Gasteiger partial charge in [0.15, 0.2) is 0 Å². The Bertz CT molecular complexity index is 1410. The SMILES string of the molecule is CCCN(Cc1ccc(OCCn2c(=O)ccn(C)c2=O)c(C)c1)C(CC(=O)O)c1ccc2c(c1)CCO2. The molecule has 0 bridgehead atoms. The minimum Gasteiger partial charge on any atom is -0.493 e. The van der Waals surface area contributed by atoms with Crippen molar-refractivity contribution >= 4 is 5.97 Å². The average molecular weight is 522 g/mol. The van der Waals surface area contributed by atoms with E-state index in [1.165, 1.54) is 16.8 Å². The first kappa shape index (κ1) is 27.2. The molecule has 0 amide bonds. The largest absolute Gasteiger partial charge is 0.493 e. The van der Waals surface area contributed by atoms with Gasteiger partial charge in [-0.25, -0.2) is 4.79 Å². The summed E-state index contributed by atoms with van der Waals surface area (Å²) in [5, 5.41) is 9.71. The van der Waals surface area contributed by atoms with Crippen LogP contribution in [0.1, 0.15) is 48.1 Å². The molecule has 202 valence electrons. The van der Waals surface area contributed by atoms with Gasteiger partial charge in [0, 0.05) is 38.3 Å². The molecule has 9 heteroatoms. The van der Waals surface area contributed by atoms with Crippen LogP contribution in [0, 0.1) is 6.92 Å². The van der Waals surface area contributed by atoms with Crippen molar-refractivity contribution in [3.63, 3.8) is 0 Å². The number of benzene rings is 2. The molecule has 0 aliphatic carbocycles. The molecular weight excluding hydrogens is 486 g/mol. The van der Waals surface area contributed by atoms with Crippen LogP contribution in [0.5, 0.6) is 11.5 Å². The number of carboxylic acids is 1. The number of carboxylic acid groups (broad SMARTS) is 1. The van der Waals surface area contributed by atoms with Crippen molar-refractivity contribution in [3.8, 4) is 11.5 Å². The third-order valence-electron chi connectivity index (χ3n) is 6.85. The van der Waals surface area contributed by atoms with Crippen molar-refractivity contribution in [2.24, 2.45) is 7.05 Å². The van der Waals surface area contributed by atoms with Gasteiger partial charge in [0.05, 0.1) is 19.6 Å². The summed E-state index contributed by atoms with van der Waals surface area (Å²) < 4.78 is 14.0. The van der Waals surface area contributed by atoms with Crippen LogP contribution < -0.4 is 20.7 Å². The predicted molar refractivity (Wildman–Crippen MR) is 144 cm³/mol. The van der Waals surface area contributed by atoms with Gasteiger partial charge < -0.3 is 19.1 Å². The van der Waals surface area contributed by atoms with Crippen molar-refractivity contribution < 1.29 is 19.4 Å². The normalized spacial score (nSPS) is 13.3. The van der Waals surface area contributed by atoms with E-state index in [0.717, 1.165) is 52.0 Å². The lowest BCUT2D eigenvalue weighted by Gasteiger charge is -2.31. The number of fused-ring (bicyclic) bond motifs is 1. The van der Waals surface area contributed by atoms with Gasteiger partial charge in [-0.2, -0.15) is 0 Å². The summed E-state index contributed by atoms with van der Waals surface area (Å²) in [7, 11) is 1.60. The fraction of sp³-hybridized carbons (Fsp3) is 0.414. The second kappa shape index (κ2) is 12.1. The molecule has 1 aliphatic rings. The summed E-state index contributed by atoms with van der Waals surface area (Å²) in [5.41, 5.74) is 3.36. The fourth-order valence-corrected chi connectivity index (χ4v) is 4.94. The highest BCUT2D eigenvalue weighted by Gasteiger charge is 2.25. The summed E-state index contributed by atoms with van der Waals surface area (Å²) in [6, 6.07) is 13.0. The molecule has 2 heterocycles. The molecule has 1 aliphatic heterocycles. The van der Waals surface area contributed by atoms with Gasteiger partial charge in [0.2, 0.25) is 0 Å². The number of aryl methyl sites for hydroxylation is 2. The fourth-order valence-electron chi connectivity index (χ4n) is 4.94. The second-order valence-corrected chi connectivity index (χ2v) is 9.70. The Labute approximate surface area is 221 Å². The smallest absolute Gasteiger partial charge is 0.330 e. The van der Waals surface area contributed by atoms with E-state index in [4.69, 9.17) is 9.47 Å². The van der Waals surface area contributed by atoms with E-state index in [1.54, 1.807) is 7.05 Å². The number of nitrogens with zero attached hydrogens (tertiary/aromatic N) is 3. The van der Waals surface area contributed by atoms with Crippen LogP contribution in [-0.4, -0.2) is 44.9 Å². The lowest BCUT2D eigenvalue weighted by atomic mass is 9.97. The number of carbonyl (C=O) groups is 1. The zero-order chi connectivity index (χ0) is 27.2. The van der Waals surface area contributed by atoms with Crippen molar-refractivity contribution in [1.29, 1.82) is 0 Å². The molecule has 3 aromatic rings. The van der Waals surface area contributed by atoms with E-state index in [1.807, 2.05) is 37.3 Å². The number of aliphatic carboxylic acids is 1. The quantitative estimate of drug-likeness (QED) is 0.390. The molecule has 0 radical (unpaired) electrons. The van der Waals surface area contributed by atoms with Gasteiger partial charge in [-0.3, -0.25) is 19.1 Å². The zero-order valence-corrected chi connectivity index (χ0v) is 22.2. The van der Waals surface area contributed by atoms with Crippen LogP contribution in [0.25, 0.3) is 0 Å². The monoisotopic (exact) mass is 521 g/mol. The lowest BCUT2D eigenvalue weighted by molar-refractivity contribution is -0.138. The Morgan fingerprint density at radius 2 is 2.00 bits per heavy atom. The Balaban J connectivity index is 1.48. The van der Waals surface area contributed by atoms with Crippen LogP contribution in [0.15, 0.2) is 58.3 Å². The van der Waals surface area contributed by atoms with Gasteiger partial charge in [-0.15, -0.1) is 0 Å². The van der Waals surface area contributed by atoms with Crippen molar-refractivity contribution in [2.75, 3.05) is 19.8 Å². The van der Waals surface area contributed by atoms with Crippen molar-refractivity contribution in [3.05, 3.63) is 91.8 Å². The maximum atomic E-state index is 12.2. The first-order chi connectivity index (χ1) is 18.3. The Morgan fingerprint density at radius 1 is 1.18 bits per heavy atom. The summed E-state index contributed by atoms with van der Waals surface area (Å²) in [4.78, 5) is 38.3. The number of hydrogen-bond acceptors (Lipinski definition) is 6. The van der Waals surface area contributed by atoms with Gasteiger partial charge in [0.25, 0.3) is 5.56 Å². The Kier molecular flexibility index (Phi) is 8.68. The summed E-state index contributed by atoms with van der Waals surface area (Å²) in [6.45, 7) is 6.39. The van der Waals surface area contributed by atoms with Gasteiger partial charge in [0.1, 0.15) is 18.1 Å². The number of hydrogen-bond donors (Lipinski definition) is 1. The van der Waals surface area contributed by atoms with Crippen molar-refractivity contribution in [2.45, 2.75) is 52.2 Å². The number of ether oxygens (including phenoxy) is 2. The van der Waals surface area contributed by atoms with E-state index in [9.17, 15) is 19.5 Å². The highest BCUT2D eigenvalue weighted by Crippen LogP contribution is 2.33. The molecule has 0 saturated heterocycles. The molecule has 1 unspecified atom stereocenters. The van der Waals surface area contributed by atoms with E-state index in [0.29, 0.717) is 18.9 Å². The van der Waals surface area contributed by atoms with Crippen LogP contribution in [0.3, 0.4) is 0 Å². The van der Waals surface area contributed by atoms with Crippen molar-refractivity contribution in [1.82, 2.24) is 14.0 Å². The molecule has 4 rings (SSSR count). The minimum atomic E-state index is -0.833. The Morgan fingerprint density at radius 3 is 2.74 bits per heavy atom. The maximum absolute atomic E-state index is 12.2. The van der Waals surface area contributed by atoms with Crippen LogP contribution >= 0.6 is 0 Å². The third kappa shape index (κ3) is 6.34. The van der Waals surface area contributed by atoms with E-state index in [2.05, 4.69) is 17.9 Å². The first-order valence-electron chi connectivity index (χ1n) is 13.0. The molecule has 0 saturated carbocycles. The molecule has 38 heavy (non-hydrogen) atoms. The minimum absolute atomic E-state index is 0.0120. The third-order valence-corrected chi connectivity index (χ3v) is 6.85. The molecule has 1 aromatic heterocycles. The van der Waals surface area contributed by atoms with E-state index in [-0.39, 0.29) is 36.9 Å².